The average molecular weight is 337 g/mol. The highest BCUT2D eigenvalue weighted by Crippen LogP contribution is 2.33. The van der Waals surface area contributed by atoms with Crippen molar-refractivity contribution in [2.24, 2.45) is 16.5 Å². The molecule has 5 heteroatoms. The first-order valence-corrected chi connectivity index (χ1v) is 8.11. The maximum absolute atomic E-state index is 5.43. The van der Waals surface area contributed by atoms with E-state index in [0.717, 1.165) is 29.7 Å². The molecule has 0 bridgehead atoms. The second-order valence-corrected chi connectivity index (χ2v) is 5.99. The molecule has 1 aliphatic rings. The van der Waals surface area contributed by atoms with Crippen LogP contribution in [0.15, 0.2) is 53.5 Å². The van der Waals surface area contributed by atoms with E-state index in [1.165, 1.54) is 16.7 Å². The van der Waals surface area contributed by atoms with E-state index in [-0.39, 0.29) is 5.96 Å². The summed E-state index contributed by atoms with van der Waals surface area (Å²) in [6, 6.07) is 14.2. The monoisotopic (exact) mass is 337 g/mol. The molecule has 2 aromatic carbocycles. The van der Waals surface area contributed by atoms with E-state index < -0.39 is 0 Å². The van der Waals surface area contributed by atoms with Crippen molar-refractivity contribution in [3.8, 4) is 5.75 Å². The highest BCUT2D eigenvalue weighted by Gasteiger charge is 2.16. The summed E-state index contributed by atoms with van der Waals surface area (Å²) in [6.07, 6.45) is 4.30. The van der Waals surface area contributed by atoms with Crippen molar-refractivity contribution in [3.05, 3.63) is 70.8 Å². The van der Waals surface area contributed by atoms with Gasteiger partial charge in [0.15, 0.2) is 5.96 Å². The normalized spacial score (nSPS) is 12.8. The predicted octanol–water partition coefficient (Wildman–Crippen LogP) is 3.02. The van der Waals surface area contributed by atoms with Gasteiger partial charge in [0, 0.05) is 5.56 Å². The van der Waals surface area contributed by atoms with Crippen LogP contribution in [0.3, 0.4) is 0 Å². The third-order valence-electron chi connectivity index (χ3n) is 4.04. The number of rotatable bonds is 3. The zero-order chi connectivity index (χ0) is 17.1. The number of hydrogen-bond donors (Lipinski definition) is 2. The number of guanidine groups is 1. The molecule has 0 aromatic heterocycles. The molecule has 24 heavy (non-hydrogen) atoms. The molecule has 4 nitrogen and oxygen atoms in total. The molecule has 0 unspecified atom stereocenters. The van der Waals surface area contributed by atoms with E-state index in [1.54, 1.807) is 7.11 Å². The second kappa shape index (κ2) is 6.84. The Hall–Kier alpha value is -2.66. The molecule has 4 N–H and O–H groups in total. The number of nitrogens with zero attached hydrogens (tertiary/aromatic N) is 1. The maximum Gasteiger partial charge on any atom is 0.192 e. The van der Waals surface area contributed by atoms with Crippen LogP contribution in [0.2, 0.25) is 0 Å². The molecule has 0 atom stereocenters. The van der Waals surface area contributed by atoms with Crippen LogP contribution in [0.25, 0.3) is 5.57 Å². The summed E-state index contributed by atoms with van der Waals surface area (Å²) in [6.45, 7) is 0. The Balaban J connectivity index is 2.02. The molecule has 2 aromatic rings. The number of ether oxygens (including phenoxy) is 1. The van der Waals surface area contributed by atoms with Crippen LogP contribution in [0, 0.1) is 0 Å². The SMILES string of the molecule is COc1ccc(C2=CCCc3ccc(C(=S)N=C(N)N)cc32)cc1. The van der Waals surface area contributed by atoms with Crippen LogP contribution < -0.4 is 16.2 Å². The summed E-state index contributed by atoms with van der Waals surface area (Å²) in [5.41, 5.74) is 16.5. The number of aryl methyl sites for hydroxylation is 1. The number of nitrogens with two attached hydrogens (primary N) is 2. The third-order valence-corrected chi connectivity index (χ3v) is 4.37. The number of fused-ring (bicyclic) bond motifs is 1. The van der Waals surface area contributed by atoms with Gasteiger partial charge in [-0.15, -0.1) is 0 Å². The Morgan fingerprint density at radius 1 is 1.12 bits per heavy atom. The lowest BCUT2D eigenvalue weighted by Crippen LogP contribution is -2.24. The lowest BCUT2D eigenvalue weighted by atomic mass is 9.86. The summed E-state index contributed by atoms with van der Waals surface area (Å²) < 4.78 is 5.24. The minimum absolute atomic E-state index is 0.0244. The van der Waals surface area contributed by atoms with Gasteiger partial charge < -0.3 is 16.2 Å². The number of hydrogen-bond acceptors (Lipinski definition) is 2. The summed E-state index contributed by atoms with van der Waals surface area (Å²) >= 11 is 5.31. The van der Waals surface area contributed by atoms with Gasteiger partial charge in [-0.3, -0.25) is 0 Å². The molecule has 0 fully saturated rings. The van der Waals surface area contributed by atoms with E-state index in [9.17, 15) is 0 Å². The molecule has 0 heterocycles. The van der Waals surface area contributed by atoms with Crippen molar-refractivity contribution < 1.29 is 4.74 Å². The van der Waals surface area contributed by atoms with E-state index in [1.807, 2.05) is 18.2 Å². The quantitative estimate of drug-likeness (QED) is 0.513. The van der Waals surface area contributed by atoms with Gasteiger partial charge in [0.1, 0.15) is 10.7 Å². The number of methoxy groups -OCH3 is 1. The number of aliphatic imine (C=N–C) groups is 1. The number of thiocarbonyl (C=S) groups is 1. The highest BCUT2D eigenvalue weighted by atomic mass is 32.1. The smallest absolute Gasteiger partial charge is 0.192 e. The summed E-state index contributed by atoms with van der Waals surface area (Å²) in [5.74, 6) is 0.821. The van der Waals surface area contributed by atoms with Gasteiger partial charge in [0.05, 0.1) is 7.11 Å². The Morgan fingerprint density at radius 3 is 2.54 bits per heavy atom. The lowest BCUT2D eigenvalue weighted by Gasteiger charge is -2.19. The molecule has 122 valence electrons. The van der Waals surface area contributed by atoms with Gasteiger partial charge in [0.25, 0.3) is 0 Å². The lowest BCUT2D eigenvalue weighted by molar-refractivity contribution is 0.415. The van der Waals surface area contributed by atoms with E-state index in [4.69, 9.17) is 28.4 Å². The molecule has 1 aliphatic carbocycles. The predicted molar refractivity (Wildman–Crippen MR) is 102 cm³/mol. The summed E-state index contributed by atoms with van der Waals surface area (Å²) in [7, 11) is 1.67. The molecule has 0 radical (unpaired) electrons. The van der Waals surface area contributed by atoms with Crippen molar-refractivity contribution in [2.75, 3.05) is 7.11 Å². The zero-order valence-corrected chi connectivity index (χ0v) is 14.3. The average Bonchev–Trinajstić information content (AvgIpc) is 2.60. The first-order chi connectivity index (χ1) is 11.6. The van der Waals surface area contributed by atoms with Crippen molar-refractivity contribution in [1.29, 1.82) is 0 Å². The van der Waals surface area contributed by atoms with Gasteiger partial charge in [0.2, 0.25) is 0 Å². The van der Waals surface area contributed by atoms with Crippen LogP contribution in [-0.2, 0) is 6.42 Å². The Bertz CT molecular complexity index is 834. The first kappa shape index (κ1) is 16.2. The van der Waals surface area contributed by atoms with Crippen LogP contribution in [0.5, 0.6) is 5.75 Å². The van der Waals surface area contributed by atoms with Crippen LogP contribution in [-0.4, -0.2) is 18.1 Å². The Kier molecular flexibility index (Phi) is 4.62. The zero-order valence-electron chi connectivity index (χ0n) is 13.5. The fourth-order valence-electron chi connectivity index (χ4n) is 2.89. The van der Waals surface area contributed by atoms with Gasteiger partial charge in [-0.25, -0.2) is 4.99 Å². The van der Waals surface area contributed by atoms with Gasteiger partial charge in [-0.05, 0) is 53.3 Å². The largest absolute Gasteiger partial charge is 0.497 e. The van der Waals surface area contributed by atoms with Gasteiger partial charge in [-0.1, -0.05) is 42.6 Å². The van der Waals surface area contributed by atoms with Crippen LogP contribution in [0.4, 0.5) is 0 Å². The molecular weight excluding hydrogens is 318 g/mol. The topological polar surface area (TPSA) is 73.6 Å². The molecule has 0 saturated heterocycles. The Morgan fingerprint density at radius 2 is 1.88 bits per heavy atom. The maximum atomic E-state index is 5.43. The molecule has 3 rings (SSSR count). The molecule has 0 aliphatic heterocycles. The van der Waals surface area contributed by atoms with Crippen molar-refractivity contribution in [2.45, 2.75) is 12.8 Å². The van der Waals surface area contributed by atoms with Crippen molar-refractivity contribution in [1.82, 2.24) is 0 Å². The summed E-state index contributed by atoms with van der Waals surface area (Å²) in [4.78, 5) is 4.39. The van der Waals surface area contributed by atoms with E-state index in [2.05, 4.69) is 35.3 Å². The fraction of sp³-hybridized carbons (Fsp3) is 0.158. The first-order valence-electron chi connectivity index (χ1n) is 7.70. The fourth-order valence-corrected chi connectivity index (χ4v) is 3.12. The molecule has 0 amide bonds. The van der Waals surface area contributed by atoms with Gasteiger partial charge >= 0.3 is 0 Å². The van der Waals surface area contributed by atoms with Gasteiger partial charge in [-0.2, -0.15) is 0 Å². The van der Waals surface area contributed by atoms with Crippen molar-refractivity contribution in [3.63, 3.8) is 0 Å². The van der Waals surface area contributed by atoms with E-state index in [0.29, 0.717) is 4.99 Å². The van der Waals surface area contributed by atoms with Crippen molar-refractivity contribution >= 4 is 28.7 Å². The third kappa shape index (κ3) is 3.31. The second-order valence-electron chi connectivity index (χ2n) is 5.60. The highest BCUT2D eigenvalue weighted by molar-refractivity contribution is 7.80. The Labute approximate surface area is 146 Å². The van der Waals surface area contributed by atoms with Crippen LogP contribution >= 0.6 is 12.2 Å². The molecular formula is C19H19N3OS. The molecule has 0 spiro atoms. The molecule has 0 saturated carbocycles. The van der Waals surface area contributed by atoms with Crippen LogP contribution in [0.1, 0.15) is 28.7 Å². The van der Waals surface area contributed by atoms with E-state index >= 15 is 0 Å². The minimum atomic E-state index is -0.0244. The standard InChI is InChI=1S/C19H19N3OS/c1-23-15-9-7-13(8-10-15)16-4-2-3-12-5-6-14(11-17(12)16)18(24)22-19(20)21/h4-11H,2-3H2,1H3,(H4,20,21,22,24). The minimum Gasteiger partial charge on any atom is -0.497 e. The number of allylic oxidation sites excluding steroid dienone is 1. The number of benzene rings is 2. The summed E-state index contributed by atoms with van der Waals surface area (Å²) in [5, 5.41) is 0.